The van der Waals surface area contributed by atoms with Gasteiger partial charge in [-0.2, -0.15) is 0 Å². The van der Waals surface area contributed by atoms with Gasteiger partial charge < -0.3 is 10.6 Å². The van der Waals surface area contributed by atoms with Gasteiger partial charge in [0, 0.05) is 5.02 Å². The van der Waals surface area contributed by atoms with E-state index in [0.717, 1.165) is 5.56 Å². The minimum atomic E-state index is -0.799. The Bertz CT molecular complexity index is 690. The van der Waals surface area contributed by atoms with E-state index in [2.05, 4.69) is 10.6 Å². The molecule has 4 nitrogen and oxygen atoms in total. The zero-order valence-electron chi connectivity index (χ0n) is 11.8. The minimum absolute atomic E-state index is 0.283. The number of rotatable bonds is 3. The van der Waals surface area contributed by atoms with E-state index in [1.54, 1.807) is 19.1 Å². The average molecular weight is 337 g/mol. The van der Waals surface area contributed by atoms with E-state index >= 15 is 0 Å². The fourth-order valence-electron chi connectivity index (χ4n) is 1.86. The van der Waals surface area contributed by atoms with Crippen molar-refractivity contribution >= 4 is 40.7 Å². The van der Waals surface area contributed by atoms with Gasteiger partial charge in [0.1, 0.15) is 0 Å². The lowest BCUT2D eigenvalue weighted by atomic mass is 10.1. The second kappa shape index (κ2) is 7.29. The molecule has 0 aliphatic carbocycles. The molecule has 6 heteroatoms. The first kappa shape index (κ1) is 16.3. The van der Waals surface area contributed by atoms with Crippen LogP contribution in [0.4, 0.5) is 5.69 Å². The molecule has 2 amide bonds. The van der Waals surface area contributed by atoms with Gasteiger partial charge in [-0.1, -0.05) is 53.5 Å². The molecule has 0 aliphatic rings. The van der Waals surface area contributed by atoms with Crippen LogP contribution in [0.2, 0.25) is 10.0 Å². The summed E-state index contributed by atoms with van der Waals surface area (Å²) < 4.78 is 0. The number of anilines is 1. The lowest BCUT2D eigenvalue weighted by molar-refractivity contribution is -0.136. The molecule has 0 aromatic heterocycles. The van der Waals surface area contributed by atoms with Gasteiger partial charge in [0.15, 0.2) is 0 Å². The summed E-state index contributed by atoms with van der Waals surface area (Å²) in [7, 11) is 0. The largest absolute Gasteiger partial charge is 0.341 e. The highest BCUT2D eigenvalue weighted by Crippen LogP contribution is 2.25. The maximum Gasteiger partial charge on any atom is 0.313 e. The van der Waals surface area contributed by atoms with Crippen LogP contribution >= 0.6 is 23.2 Å². The molecule has 2 rings (SSSR count). The van der Waals surface area contributed by atoms with Gasteiger partial charge in [-0.15, -0.1) is 0 Å². The SMILES string of the molecule is CC(NC(=O)C(=O)Nc1cc(Cl)ccc1Cl)c1ccccc1. The van der Waals surface area contributed by atoms with Crippen molar-refractivity contribution < 1.29 is 9.59 Å². The van der Waals surface area contributed by atoms with Crippen molar-refractivity contribution in [1.82, 2.24) is 5.32 Å². The van der Waals surface area contributed by atoms with Crippen LogP contribution < -0.4 is 10.6 Å². The summed E-state index contributed by atoms with van der Waals surface area (Å²) in [5, 5.41) is 5.79. The molecule has 0 saturated carbocycles. The highest BCUT2D eigenvalue weighted by Gasteiger charge is 2.18. The van der Waals surface area contributed by atoms with Crippen LogP contribution in [-0.2, 0) is 9.59 Å². The third-order valence-corrected chi connectivity index (χ3v) is 3.59. The highest BCUT2D eigenvalue weighted by molar-refractivity contribution is 6.42. The maximum absolute atomic E-state index is 11.9. The van der Waals surface area contributed by atoms with E-state index in [0.29, 0.717) is 15.7 Å². The normalized spacial score (nSPS) is 11.6. The summed E-state index contributed by atoms with van der Waals surface area (Å²) in [4.78, 5) is 23.8. The van der Waals surface area contributed by atoms with E-state index in [9.17, 15) is 9.59 Å². The van der Waals surface area contributed by atoms with Gasteiger partial charge >= 0.3 is 11.8 Å². The number of nitrogens with one attached hydrogen (secondary N) is 2. The molecule has 0 aliphatic heterocycles. The van der Waals surface area contributed by atoms with Crippen molar-refractivity contribution in [3.8, 4) is 0 Å². The van der Waals surface area contributed by atoms with Gasteiger partial charge in [-0.25, -0.2) is 0 Å². The second-order valence-corrected chi connectivity index (χ2v) is 5.53. The zero-order valence-corrected chi connectivity index (χ0v) is 13.3. The fourth-order valence-corrected chi connectivity index (χ4v) is 2.20. The lowest BCUT2D eigenvalue weighted by Gasteiger charge is -2.14. The Balaban J connectivity index is 2.01. The number of benzene rings is 2. The maximum atomic E-state index is 11.9. The number of carbonyl (C=O) groups is 2. The van der Waals surface area contributed by atoms with Crippen LogP contribution in [0.25, 0.3) is 0 Å². The molecule has 1 unspecified atom stereocenters. The number of hydrogen-bond donors (Lipinski definition) is 2. The molecule has 2 aromatic rings. The van der Waals surface area contributed by atoms with Gasteiger partial charge in [0.2, 0.25) is 0 Å². The van der Waals surface area contributed by atoms with Crippen molar-refractivity contribution in [1.29, 1.82) is 0 Å². The van der Waals surface area contributed by atoms with Crippen LogP contribution in [0.1, 0.15) is 18.5 Å². The summed E-state index contributed by atoms with van der Waals surface area (Å²) in [6, 6.07) is 13.7. The Morgan fingerprint density at radius 1 is 1.00 bits per heavy atom. The van der Waals surface area contributed by atoms with Gasteiger partial charge in [0.05, 0.1) is 16.8 Å². The summed E-state index contributed by atoms with van der Waals surface area (Å²) in [6.45, 7) is 1.80. The van der Waals surface area contributed by atoms with Crippen molar-refractivity contribution in [2.45, 2.75) is 13.0 Å². The van der Waals surface area contributed by atoms with Gasteiger partial charge in [-0.3, -0.25) is 9.59 Å². The number of amides is 2. The van der Waals surface area contributed by atoms with Gasteiger partial charge in [0.25, 0.3) is 0 Å². The molecule has 114 valence electrons. The number of hydrogen-bond acceptors (Lipinski definition) is 2. The quantitative estimate of drug-likeness (QED) is 0.837. The van der Waals surface area contributed by atoms with Crippen molar-refractivity contribution in [3.63, 3.8) is 0 Å². The molecule has 0 fully saturated rings. The van der Waals surface area contributed by atoms with Crippen LogP contribution in [0, 0.1) is 0 Å². The first-order valence-corrected chi connectivity index (χ1v) is 7.35. The molecule has 0 heterocycles. The highest BCUT2D eigenvalue weighted by atomic mass is 35.5. The van der Waals surface area contributed by atoms with Crippen molar-refractivity contribution in [3.05, 3.63) is 64.1 Å². The third kappa shape index (κ3) is 4.23. The lowest BCUT2D eigenvalue weighted by Crippen LogP contribution is -2.36. The zero-order chi connectivity index (χ0) is 16.1. The first-order chi connectivity index (χ1) is 10.5. The minimum Gasteiger partial charge on any atom is -0.341 e. The topological polar surface area (TPSA) is 58.2 Å². The van der Waals surface area contributed by atoms with Crippen molar-refractivity contribution in [2.75, 3.05) is 5.32 Å². The Hall–Kier alpha value is -2.04. The summed E-state index contributed by atoms with van der Waals surface area (Å²) >= 11 is 11.8. The Labute approximate surface area is 138 Å². The molecule has 0 saturated heterocycles. The Morgan fingerprint density at radius 3 is 2.36 bits per heavy atom. The molecular weight excluding hydrogens is 323 g/mol. The summed E-state index contributed by atoms with van der Waals surface area (Å²) in [5.41, 5.74) is 1.20. The molecule has 2 N–H and O–H groups in total. The number of carbonyl (C=O) groups excluding carboxylic acids is 2. The van der Waals surface area contributed by atoms with Crippen LogP contribution in [0.15, 0.2) is 48.5 Å². The molecule has 0 bridgehead atoms. The van der Waals surface area contributed by atoms with Crippen LogP contribution in [-0.4, -0.2) is 11.8 Å². The predicted molar refractivity (Wildman–Crippen MR) is 88.1 cm³/mol. The number of halogens is 2. The average Bonchev–Trinajstić information content (AvgIpc) is 2.51. The van der Waals surface area contributed by atoms with E-state index in [4.69, 9.17) is 23.2 Å². The van der Waals surface area contributed by atoms with Crippen molar-refractivity contribution in [2.24, 2.45) is 0 Å². The first-order valence-electron chi connectivity index (χ1n) is 6.59. The Morgan fingerprint density at radius 2 is 1.68 bits per heavy atom. The van der Waals surface area contributed by atoms with E-state index < -0.39 is 11.8 Å². The van der Waals surface area contributed by atoms with Crippen LogP contribution in [0.5, 0.6) is 0 Å². The Kier molecular flexibility index (Phi) is 5.41. The smallest absolute Gasteiger partial charge is 0.313 e. The molecule has 0 spiro atoms. The van der Waals surface area contributed by atoms with E-state index in [-0.39, 0.29) is 6.04 Å². The molecule has 22 heavy (non-hydrogen) atoms. The fraction of sp³-hybridized carbons (Fsp3) is 0.125. The van der Waals surface area contributed by atoms with E-state index in [1.165, 1.54) is 6.07 Å². The summed E-state index contributed by atoms with van der Waals surface area (Å²) in [5.74, 6) is -1.54. The van der Waals surface area contributed by atoms with E-state index in [1.807, 2.05) is 30.3 Å². The monoisotopic (exact) mass is 336 g/mol. The molecular formula is C16H14Cl2N2O2. The predicted octanol–water partition coefficient (Wildman–Crippen LogP) is 3.81. The standard InChI is InChI=1S/C16H14Cl2N2O2/c1-10(11-5-3-2-4-6-11)19-15(21)16(22)20-14-9-12(17)7-8-13(14)18/h2-10H,1H3,(H,19,21)(H,20,22). The molecule has 2 aromatic carbocycles. The van der Waals surface area contributed by atoms with Gasteiger partial charge in [-0.05, 0) is 30.7 Å². The molecule has 0 radical (unpaired) electrons. The second-order valence-electron chi connectivity index (χ2n) is 4.68. The van der Waals surface area contributed by atoms with Crippen LogP contribution in [0.3, 0.4) is 0 Å². The molecule has 1 atom stereocenters. The third-order valence-electron chi connectivity index (χ3n) is 3.03. The summed E-state index contributed by atoms with van der Waals surface area (Å²) in [6.07, 6.45) is 0.